The largest absolute Gasteiger partial charge is 0.444 e. The van der Waals surface area contributed by atoms with Crippen LogP contribution in [0.3, 0.4) is 0 Å². The molecule has 1 aliphatic heterocycles. The lowest BCUT2D eigenvalue weighted by Gasteiger charge is -2.42. The molecule has 0 spiro atoms. The number of carbonyl (C=O) groups excluding carboxylic acids is 1. The Kier molecular flexibility index (Phi) is 4.29. The van der Waals surface area contributed by atoms with Crippen LogP contribution in [0, 0.1) is 10.8 Å². The Morgan fingerprint density at radius 2 is 1.86 bits per heavy atom. The van der Waals surface area contributed by atoms with Crippen molar-refractivity contribution in [3.63, 3.8) is 0 Å². The predicted octanol–water partition coefficient (Wildman–Crippen LogP) is 2.55. The highest BCUT2D eigenvalue weighted by Gasteiger charge is 2.58. The van der Waals surface area contributed by atoms with Gasteiger partial charge in [0, 0.05) is 18.5 Å². The van der Waals surface area contributed by atoms with Gasteiger partial charge in [-0.05, 0) is 51.9 Å². The fraction of sp³-hybridized carbons (Fsp3) is 0.941. The van der Waals surface area contributed by atoms with E-state index in [1.165, 1.54) is 0 Å². The van der Waals surface area contributed by atoms with Gasteiger partial charge in [0.25, 0.3) is 0 Å². The Bertz CT molecular complexity index is 442. The van der Waals surface area contributed by atoms with E-state index in [-0.39, 0.29) is 18.1 Å². The van der Waals surface area contributed by atoms with Crippen LogP contribution < -0.4 is 0 Å². The Labute approximate surface area is 133 Å². The molecular formula is C17H31NO4. The average molecular weight is 313 g/mol. The van der Waals surface area contributed by atoms with E-state index in [9.17, 15) is 15.0 Å². The summed E-state index contributed by atoms with van der Waals surface area (Å²) in [5.41, 5.74) is -1.98. The van der Waals surface area contributed by atoms with Crippen LogP contribution in [0.15, 0.2) is 0 Å². The molecule has 0 aromatic rings. The number of rotatable bonds is 2. The second-order valence-electron chi connectivity index (χ2n) is 8.96. The number of likely N-dealkylation sites (tertiary alicyclic amines) is 1. The molecule has 2 rings (SSSR count). The standard InChI is InChI=1S/C17H31NO4/c1-14(2,3)22-13(20)18-9-8-16(11-18,12-19)17(21)7-6-15(4,5)10-17/h19,21H,6-12H2,1-5H3. The Morgan fingerprint density at radius 1 is 1.23 bits per heavy atom. The number of aliphatic hydroxyl groups is 2. The van der Waals surface area contributed by atoms with Gasteiger partial charge >= 0.3 is 6.09 Å². The SMILES string of the molecule is CC1(C)CCC(O)(C2(CO)CCN(C(=O)OC(C)(C)C)C2)C1. The summed E-state index contributed by atoms with van der Waals surface area (Å²) in [5, 5.41) is 21.2. The molecule has 0 aromatic heterocycles. The van der Waals surface area contributed by atoms with Crippen LogP contribution >= 0.6 is 0 Å². The smallest absolute Gasteiger partial charge is 0.410 e. The quantitative estimate of drug-likeness (QED) is 0.822. The van der Waals surface area contributed by atoms with Gasteiger partial charge in [0.2, 0.25) is 0 Å². The van der Waals surface area contributed by atoms with Gasteiger partial charge in [0.05, 0.1) is 12.2 Å². The van der Waals surface area contributed by atoms with E-state index in [1.54, 1.807) is 4.90 Å². The molecule has 1 amide bonds. The molecule has 2 unspecified atom stereocenters. The van der Waals surface area contributed by atoms with Crippen molar-refractivity contribution in [1.82, 2.24) is 4.90 Å². The summed E-state index contributed by atoms with van der Waals surface area (Å²) >= 11 is 0. The molecule has 0 aromatic carbocycles. The fourth-order valence-electron chi connectivity index (χ4n) is 3.98. The van der Waals surface area contributed by atoms with Gasteiger partial charge in [-0.15, -0.1) is 0 Å². The van der Waals surface area contributed by atoms with E-state index in [4.69, 9.17) is 4.74 Å². The molecule has 1 saturated heterocycles. The molecule has 2 aliphatic rings. The first-order valence-electron chi connectivity index (χ1n) is 8.23. The first-order chi connectivity index (χ1) is 9.92. The minimum atomic E-state index is -0.901. The molecule has 0 radical (unpaired) electrons. The molecule has 2 atom stereocenters. The van der Waals surface area contributed by atoms with Crippen LogP contribution in [0.1, 0.15) is 60.3 Å². The third kappa shape index (κ3) is 3.25. The maximum absolute atomic E-state index is 12.3. The Balaban J connectivity index is 2.12. The minimum absolute atomic E-state index is 0.0796. The van der Waals surface area contributed by atoms with Crippen molar-refractivity contribution in [3.05, 3.63) is 0 Å². The average Bonchev–Trinajstić information content (AvgIpc) is 2.91. The van der Waals surface area contributed by atoms with Crippen molar-refractivity contribution in [3.8, 4) is 0 Å². The van der Waals surface area contributed by atoms with Crippen LogP contribution in [-0.2, 0) is 4.74 Å². The first-order valence-corrected chi connectivity index (χ1v) is 8.23. The van der Waals surface area contributed by atoms with E-state index < -0.39 is 16.6 Å². The van der Waals surface area contributed by atoms with Crippen LogP contribution in [0.4, 0.5) is 4.79 Å². The van der Waals surface area contributed by atoms with Crippen molar-refractivity contribution < 1.29 is 19.7 Å². The normalized spacial score (nSPS) is 35.0. The van der Waals surface area contributed by atoms with Gasteiger partial charge in [-0.25, -0.2) is 4.79 Å². The van der Waals surface area contributed by atoms with Gasteiger partial charge in [0.1, 0.15) is 5.60 Å². The zero-order valence-electron chi connectivity index (χ0n) is 14.6. The third-order valence-corrected chi connectivity index (χ3v) is 5.28. The molecule has 0 bridgehead atoms. The molecule has 2 N–H and O–H groups in total. The van der Waals surface area contributed by atoms with Crippen LogP contribution in [0.2, 0.25) is 0 Å². The molecule has 1 saturated carbocycles. The second-order valence-corrected chi connectivity index (χ2v) is 8.96. The number of hydrogen-bond acceptors (Lipinski definition) is 4. The van der Waals surface area contributed by atoms with Crippen molar-refractivity contribution >= 4 is 6.09 Å². The summed E-state index contributed by atoms with van der Waals surface area (Å²) < 4.78 is 5.42. The monoisotopic (exact) mass is 313 g/mol. The highest BCUT2D eigenvalue weighted by Crippen LogP contribution is 2.54. The van der Waals surface area contributed by atoms with Gasteiger partial charge in [0.15, 0.2) is 0 Å². The molecule has 1 heterocycles. The van der Waals surface area contributed by atoms with Crippen LogP contribution in [0.5, 0.6) is 0 Å². The van der Waals surface area contributed by atoms with Gasteiger partial charge < -0.3 is 19.8 Å². The summed E-state index contributed by atoms with van der Waals surface area (Å²) in [4.78, 5) is 13.9. The van der Waals surface area contributed by atoms with Gasteiger partial charge in [-0.2, -0.15) is 0 Å². The Morgan fingerprint density at radius 3 is 2.32 bits per heavy atom. The lowest BCUT2D eigenvalue weighted by Crippen LogP contribution is -2.52. The molecule has 5 nitrogen and oxygen atoms in total. The number of aliphatic hydroxyl groups excluding tert-OH is 1. The zero-order valence-corrected chi connectivity index (χ0v) is 14.6. The lowest BCUT2D eigenvalue weighted by molar-refractivity contribution is -0.104. The number of hydrogen-bond donors (Lipinski definition) is 2. The molecule has 2 fully saturated rings. The van der Waals surface area contributed by atoms with Crippen molar-refractivity contribution in [2.45, 2.75) is 71.5 Å². The number of amides is 1. The highest BCUT2D eigenvalue weighted by atomic mass is 16.6. The minimum Gasteiger partial charge on any atom is -0.444 e. The zero-order chi connectivity index (χ0) is 16.8. The van der Waals surface area contributed by atoms with E-state index in [2.05, 4.69) is 13.8 Å². The summed E-state index contributed by atoms with van der Waals surface area (Å²) in [5.74, 6) is 0. The van der Waals surface area contributed by atoms with E-state index in [1.807, 2.05) is 20.8 Å². The topological polar surface area (TPSA) is 70.0 Å². The molecular weight excluding hydrogens is 282 g/mol. The van der Waals surface area contributed by atoms with Crippen molar-refractivity contribution in [2.75, 3.05) is 19.7 Å². The molecule has 22 heavy (non-hydrogen) atoms. The summed E-state index contributed by atoms with van der Waals surface area (Å²) in [6.45, 7) is 10.6. The maximum atomic E-state index is 12.3. The second kappa shape index (κ2) is 5.38. The van der Waals surface area contributed by atoms with Crippen LogP contribution in [-0.4, -0.2) is 52.1 Å². The highest BCUT2D eigenvalue weighted by molar-refractivity contribution is 5.68. The fourth-order valence-corrected chi connectivity index (χ4v) is 3.98. The number of nitrogens with zero attached hydrogens (tertiary/aromatic N) is 1. The van der Waals surface area contributed by atoms with E-state index in [0.717, 1.165) is 6.42 Å². The van der Waals surface area contributed by atoms with Crippen molar-refractivity contribution in [1.29, 1.82) is 0 Å². The summed E-state index contributed by atoms with van der Waals surface area (Å²) in [6, 6.07) is 0. The molecule has 5 heteroatoms. The van der Waals surface area contributed by atoms with E-state index in [0.29, 0.717) is 32.4 Å². The summed E-state index contributed by atoms with van der Waals surface area (Å²) in [6.07, 6.45) is 2.56. The van der Waals surface area contributed by atoms with Gasteiger partial charge in [-0.3, -0.25) is 0 Å². The predicted molar refractivity (Wildman–Crippen MR) is 84.5 cm³/mol. The third-order valence-electron chi connectivity index (χ3n) is 5.28. The summed E-state index contributed by atoms with van der Waals surface area (Å²) in [7, 11) is 0. The first kappa shape index (κ1) is 17.5. The number of carbonyl (C=O) groups is 1. The van der Waals surface area contributed by atoms with Crippen LogP contribution in [0.25, 0.3) is 0 Å². The van der Waals surface area contributed by atoms with E-state index >= 15 is 0 Å². The Hall–Kier alpha value is -0.810. The lowest BCUT2D eigenvalue weighted by atomic mass is 9.69. The molecule has 128 valence electrons. The van der Waals surface area contributed by atoms with Gasteiger partial charge in [-0.1, -0.05) is 13.8 Å². The number of ether oxygens (including phenoxy) is 1. The van der Waals surface area contributed by atoms with Crippen molar-refractivity contribution in [2.24, 2.45) is 10.8 Å². The molecule has 1 aliphatic carbocycles. The maximum Gasteiger partial charge on any atom is 0.410 e.